The maximum atomic E-state index is 11.0. The summed E-state index contributed by atoms with van der Waals surface area (Å²) in [4.78, 5) is 17.7. The Morgan fingerprint density at radius 3 is 2.73 bits per heavy atom. The zero-order valence-corrected chi connectivity index (χ0v) is 8.85. The summed E-state index contributed by atoms with van der Waals surface area (Å²) in [6.45, 7) is 2.86. The Morgan fingerprint density at radius 2 is 2.07 bits per heavy atom. The van der Waals surface area contributed by atoms with Crippen LogP contribution >= 0.6 is 0 Å². The quantitative estimate of drug-likeness (QED) is 0.744. The lowest BCUT2D eigenvalue weighted by molar-refractivity contribution is -0.121. The third-order valence-corrected chi connectivity index (χ3v) is 2.82. The molecule has 80 valence electrons. The number of pyridine rings is 1. The van der Waals surface area contributed by atoms with E-state index in [1.54, 1.807) is 0 Å². The zero-order chi connectivity index (χ0) is 10.5. The highest BCUT2D eigenvalue weighted by Crippen LogP contribution is 2.06. The van der Waals surface area contributed by atoms with Crippen molar-refractivity contribution < 1.29 is 4.79 Å². The van der Waals surface area contributed by atoms with Crippen molar-refractivity contribution in [2.75, 3.05) is 19.6 Å². The molecule has 0 aromatic carbocycles. The molecule has 2 heterocycles. The summed E-state index contributed by atoms with van der Waals surface area (Å²) >= 11 is 0. The average molecular weight is 204 g/mol. The van der Waals surface area contributed by atoms with Crippen LogP contribution in [0.1, 0.15) is 18.5 Å². The molecule has 1 saturated heterocycles. The molecule has 0 unspecified atom stereocenters. The highest BCUT2D eigenvalue weighted by Gasteiger charge is 2.15. The second-order valence-electron chi connectivity index (χ2n) is 3.95. The average Bonchev–Trinajstić information content (AvgIpc) is 2.30. The first-order chi connectivity index (χ1) is 7.34. The lowest BCUT2D eigenvalue weighted by atomic mass is 10.1. The fourth-order valence-corrected chi connectivity index (χ4v) is 1.84. The van der Waals surface area contributed by atoms with Gasteiger partial charge >= 0.3 is 0 Å². The topological polar surface area (TPSA) is 33.2 Å². The number of Topliss-reactive ketones (excluding diaryl/α,β-unsaturated/α-hetero) is 1. The predicted molar refractivity (Wildman–Crippen MR) is 58.6 cm³/mol. The number of ketones is 1. The number of piperidine rings is 1. The first kappa shape index (κ1) is 10.3. The molecule has 1 aliphatic heterocycles. The third-order valence-electron chi connectivity index (χ3n) is 2.82. The van der Waals surface area contributed by atoms with Gasteiger partial charge in [-0.25, -0.2) is 0 Å². The van der Waals surface area contributed by atoms with Crippen molar-refractivity contribution in [3.8, 4) is 0 Å². The maximum absolute atomic E-state index is 11.0. The van der Waals surface area contributed by atoms with Gasteiger partial charge in [0.25, 0.3) is 0 Å². The first-order valence-corrected chi connectivity index (χ1v) is 5.48. The van der Waals surface area contributed by atoms with Crippen LogP contribution in [-0.2, 0) is 11.2 Å². The highest BCUT2D eigenvalue weighted by atomic mass is 16.1. The Kier molecular flexibility index (Phi) is 3.45. The Hall–Kier alpha value is -1.22. The molecule has 15 heavy (non-hydrogen) atoms. The van der Waals surface area contributed by atoms with Gasteiger partial charge in [0, 0.05) is 50.8 Å². The van der Waals surface area contributed by atoms with Crippen LogP contribution in [0.15, 0.2) is 24.4 Å². The Bertz CT molecular complexity index is 314. The van der Waals surface area contributed by atoms with E-state index in [-0.39, 0.29) is 0 Å². The van der Waals surface area contributed by atoms with Crippen LogP contribution in [0, 0.1) is 0 Å². The van der Waals surface area contributed by atoms with E-state index in [9.17, 15) is 4.79 Å². The van der Waals surface area contributed by atoms with E-state index >= 15 is 0 Å². The SMILES string of the molecule is O=C1CCN(CCc2ccccn2)CC1. The summed E-state index contributed by atoms with van der Waals surface area (Å²) < 4.78 is 0. The van der Waals surface area contributed by atoms with Gasteiger partial charge in [-0.3, -0.25) is 9.78 Å². The summed E-state index contributed by atoms with van der Waals surface area (Å²) in [5.74, 6) is 0.407. The number of hydrogen-bond donors (Lipinski definition) is 0. The lowest BCUT2D eigenvalue weighted by Crippen LogP contribution is -2.35. The normalized spacial score (nSPS) is 18.0. The van der Waals surface area contributed by atoms with E-state index in [2.05, 4.69) is 16.0 Å². The van der Waals surface area contributed by atoms with E-state index in [1.807, 2.05) is 18.3 Å². The van der Waals surface area contributed by atoms with Gasteiger partial charge in [-0.2, -0.15) is 0 Å². The lowest BCUT2D eigenvalue weighted by Gasteiger charge is -2.25. The number of rotatable bonds is 3. The highest BCUT2D eigenvalue weighted by molar-refractivity contribution is 5.79. The van der Waals surface area contributed by atoms with E-state index in [0.717, 1.165) is 44.6 Å². The molecule has 0 bridgehead atoms. The van der Waals surface area contributed by atoms with Gasteiger partial charge in [0.15, 0.2) is 0 Å². The van der Waals surface area contributed by atoms with E-state index < -0.39 is 0 Å². The van der Waals surface area contributed by atoms with Gasteiger partial charge < -0.3 is 4.90 Å². The van der Waals surface area contributed by atoms with Gasteiger partial charge in [0.05, 0.1) is 0 Å². The Balaban J connectivity index is 1.77. The number of carbonyl (C=O) groups is 1. The van der Waals surface area contributed by atoms with Crippen LogP contribution in [0.4, 0.5) is 0 Å². The molecule has 0 spiro atoms. The number of carbonyl (C=O) groups excluding carboxylic acids is 1. The molecule has 0 radical (unpaired) electrons. The molecular weight excluding hydrogens is 188 g/mol. The standard InChI is InChI=1S/C12H16N2O/c15-12-5-9-14(10-6-12)8-4-11-3-1-2-7-13-11/h1-3,7H,4-6,8-10H2. The first-order valence-electron chi connectivity index (χ1n) is 5.48. The van der Waals surface area contributed by atoms with Crippen LogP contribution < -0.4 is 0 Å². The van der Waals surface area contributed by atoms with Crippen LogP contribution in [0.5, 0.6) is 0 Å². The van der Waals surface area contributed by atoms with Crippen molar-refractivity contribution in [3.63, 3.8) is 0 Å². The number of likely N-dealkylation sites (tertiary alicyclic amines) is 1. The number of hydrogen-bond acceptors (Lipinski definition) is 3. The van der Waals surface area contributed by atoms with Crippen LogP contribution in [0.25, 0.3) is 0 Å². The summed E-state index contributed by atoms with van der Waals surface area (Å²) in [6.07, 6.45) is 4.26. The number of nitrogens with zero attached hydrogens (tertiary/aromatic N) is 2. The Labute approximate surface area is 90.1 Å². The molecule has 1 aromatic heterocycles. The molecule has 1 aromatic rings. The summed E-state index contributed by atoms with van der Waals surface area (Å²) in [6, 6.07) is 6.00. The van der Waals surface area contributed by atoms with Gasteiger partial charge in [-0.15, -0.1) is 0 Å². The molecule has 3 nitrogen and oxygen atoms in total. The fourth-order valence-electron chi connectivity index (χ4n) is 1.84. The predicted octanol–water partition coefficient (Wildman–Crippen LogP) is 1.29. The minimum atomic E-state index is 0.407. The van der Waals surface area contributed by atoms with Crippen molar-refractivity contribution in [2.24, 2.45) is 0 Å². The molecule has 0 N–H and O–H groups in total. The zero-order valence-electron chi connectivity index (χ0n) is 8.85. The van der Waals surface area contributed by atoms with Crippen LogP contribution in [0.2, 0.25) is 0 Å². The van der Waals surface area contributed by atoms with E-state index in [0.29, 0.717) is 5.78 Å². The molecular formula is C12H16N2O. The second-order valence-corrected chi connectivity index (χ2v) is 3.95. The van der Waals surface area contributed by atoms with Gasteiger partial charge in [0.1, 0.15) is 5.78 Å². The summed E-state index contributed by atoms with van der Waals surface area (Å²) in [7, 11) is 0. The van der Waals surface area contributed by atoms with Crippen molar-refractivity contribution in [3.05, 3.63) is 30.1 Å². The van der Waals surface area contributed by atoms with E-state index in [1.165, 1.54) is 0 Å². The Morgan fingerprint density at radius 1 is 1.27 bits per heavy atom. The van der Waals surface area contributed by atoms with Crippen LogP contribution in [0.3, 0.4) is 0 Å². The van der Waals surface area contributed by atoms with Crippen molar-refractivity contribution in [1.29, 1.82) is 0 Å². The smallest absolute Gasteiger partial charge is 0.135 e. The van der Waals surface area contributed by atoms with E-state index in [4.69, 9.17) is 0 Å². The summed E-state index contributed by atoms with van der Waals surface area (Å²) in [5.41, 5.74) is 1.13. The molecule has 0 saturated carbocycles. The monoisotopic (exact) mass is 204 g/mol. The molecule has 3 heteroatoms. The second kappa shape index (κ2) is 5.03. The minimum Gasteiger partial charge on any atom is -0.302 e. The molecule has 0 atom stereocenters. The van der Waals surface area contributed by atoms with Gasteiger partial charge in [-0.05, 0) is 12.1 Å². The largest absolute Gasteiger partial charge is 0.302 e. The van der Waals surface area contributed by atoms with Crippen molar-refractivity contribution in [1.82, 2.24) is 9.88 Å². The van der Waals surface area contributed by atoms with Crippen molar-refractivity contribution >= 4 is 5.78 Å². The molecule has 1 aliphatic rings. The maximum Gasteiger partial charge on any atom is 0.135 e. The molecule has 0 aliphatic carbocycles. The summed E-state index contributed by atoms with van der Waals surface area (Å²) in [5, 5.41) is 0. The van der Waals surface area contributed by atoms with Gasteiger partial charge in [-0.1, -0.05) is 6.07 Å². The molecule has 0 amide bonds. The van der Waals surface area contributed by atoms with Crippen LogP contribution in [-0.4, -0.2) is 35.3 Å². The molecule has 2 rings (SSSR count). The number of aromatic nitrogens is 1. The molecule has 1 fully saturated rings. The van der Waals surface area contributed by atoms with Gasteiger partial charge in [0.2, 0.25) is 0 Å². The third kappa shape index (κ3) is 3.13. The van der Waals surface area contributed by atoms with Crippen molar-refractivity contribution in [2.45, 2.75) is 19.3 Å². The fraction of sp³-hybridized carbons (Fsp3) is 0.500. The minimum absolute atomic E-state index is 0.407.